The Morgan fingerprint density at radius 3 is 2.19 bits per heavy atom. The van der Waals surface area contributed by atoms with Crippen molar-refractivity contribution in [1.29, 1.82) is 0 Å². The smallest absolute Gasteiger partial charge is 0.0679 e. The summed E-state index contributed by atoms with van der Waals surface area (Å²) in [5, 5.41) is 25.5. The number of aliphatic hydroxyl groups excluding tert-OH is 2. The SMILES string of the molecule is CCn1c2ccccc2c2ccc(C3(c4ccc(C(C)(C)C)cc4C(C)(C)C)CC(O)CCC3O)cc21. The van der Waals surface area contributed by atoms with E-state index in [2.05, 4.69) is 114 Å². The summed E-state index contributed by atoms with van der Waals surface area (Å²) in [5.41, 5.74) is 6.45. The summed E-state index contributed by atoms with van der Waals surface area (Å²) >= 11 is 0. The van der Waals surface area contributed by atoms with E-state index < -0.39 is 17.6 Å². The number of nitrogens with zero attached hydrogens (tertiary/aromatic N) is 1. The minimum Gasteiger partial charge on any atom is -0.393 e. The summed E-state index contributed by atoms with van der Waals surface area (Å²) in [6.07, 6.45) is 0.705. The monoisotopic (exact) mass is 497 g/mol. The maximum absolute atomic E-state index is 11.9. The highest BCUT2D eigenvalue weighted by Crippen LogP contribution is 2.50. The summed E-state index contributed by atoms with van der Waals surface area (Å²) in [5.74, 6) is 0. The maximum atomic E-state index is 11.9. The quantitative estimate of drug-likeness (QED) is 0.306. The van der Waals surface area contributed by atoms with Crippen molar-refractivity contribution in [3.63, 3.8) is 0 Å². The molecule has 0 bridgehead atoms. The number of fused-ring (bicyclic) bond motifs is 3. The number of aryl methyl sites for hydroxylation is 1. The van der Waals surface area contributed by atoms with Crippen LogP contribution in [-0.2, 0) is 22.8 Å². The first kappa shape index (κ1) is 26.0. The van der Waals surface area contributed by atoms with Gasteiger partial charge in [0.05, 0.1) is 12.2 Å². The van der Waals surface area contributed by atoms with Crippen LogP contribution in [0.3, 0.4) is 0 Å². The molecule has 0 radical (unpaired) electrons. The zero-order chi connectivity index (χ0) is 26.8. The molecule has 1 aromatic heterocycles. The lowest BCUT2D eigenvalue weighted by Gasteiger charge is -2.47. The third-order valence-corrected chi connectivity index (χ3v) is 8.68. The number of para-hydroxylation sites is 1. The number of hydrogen-bond acceptors (Lipinski definition) is 2. The highest BCUT2D eigenvalue weighted by atomic mass is 16.3. The van der Waals surface area contributed by atoms with Gasteiger partial charge in [0, 0.05) is 33.8 Å². The van der Waals surface area contributed by atoms with E-state index in [9.17, 15) is 10.2 Å². The largest absolute Gasteiger partial charge is 0.393 e. The minimum atomic E-state index is -0.681. The van der Waals surface area contributed by atoms with Crippen LogP contribution in [0.4, 0.5) is 0 Å². The second-order valence-corrected chi connectivity index (χ2v) is 13.2. The molecule has 4 aromatic rings. The lowest BCUT2D eigenvalue weighted by Crippen LogP contribution is -2.48. The molecule has 0 amide bonds. The number of aromatic nitrogens is 1. The van der Waals surface area contributed by atoms with Crippen LogP contribution >= 0.6 is 0 Å². The van der Waals surface area contributed by atoms with Crippen LogP contribution in [0.1, 0.15) is 90.0 Å². The summed E-state index contributed by atoms with van der Waals surface area (Å²) in [7, 11) is 0. The Balaban J connectivity index is 1.84. The molecule has 1 heterocycles. The number of benzene rings is 3. The normalized spacial score (nSPS) is 23.2. The van der Waals surface area contributed by atoms with Crippen LogP contribution in [0.15, 0.2) is 60.7 Å². The van der Waals surface area contributed by atoms with Crippen molar-refractivity contribution in [3.8, 4) is 0 Å². The van der Waals surface area contributed by atoms with E-state index in [-0.39, 0.29) is 10.8 Å². The molecule has 1 fully saturated rings. The van der Waals surface area contributed by atoms with E-state index in [1.54, 1.807) is 0 Å². The summed E-state index contributed by atoms with van der Waals surface area (Å²) in [6.45, 7) is 16.6. The van der Waals surface area contributed by atoms with Crippen molar-refractivity contribution in [2.75, 3.05) is 0 Å². The lowest BCUT2D eigenvalue weighted by atomic mass is 9.59. The van der Waals surface area contributed by atoms with Crippen molar-refractivity contribution in [2.45, 2.75) is 103 Å². The molecule has 1 aliphatic rings. The zero-order valence-electron chi connectivity index (χ0n) is 23.6. The Morgan fingerprint density at radius 2 is 1.51 bits per heavy atom. The first-order valence-electron chi connectivity index (χ1n) is 13.9. The Bertz CT molecular complexity index is 1450. The zero-order valence-corrected chi connectivity index (χ0v) is 23.6. The average Bonchev–Trinajstić information content (AvgIpc) is 3.17. The number of aliphatic hydroxyl groups is 2. The third-order valence-electron chi connectivity index (χ3n) is 8.68. The van der Waals surface area contributed by atoms with Crippen molar-refractivity contribution in [2.24, 2.45) is 0 Å². The lowest BCUT2D eigenvalue weighted by molar-refractivity contribution is 0.00162. The molecular weight excluding hydrogens is 454 g/mol. The molecule has 3 atom stereocenters. The molecule has 2 N–H and O–H groups in total. The Hall–Kier alpha value is -2.62. The molecule has 3 unspecified atom stereocenters. The van der Waals surface area contributed by atoms with Gasteiger partial charge in [-0.2, -0.15) is 0 Å². The van der Waals surface area contributed by atoms with Crippen LogP contribution in [-0.4, -0.2) is 27.0 Å². The first-order valence-corrected chi connectivity index (χ1v) is 13.9. The molecule has 3 aromatic carbocycles. The molecule has 3 nitrogen and oxygen atoms in total. The van der Waals surface area contributed by atoms with Crippen molar-refractivity contribution in [1.82, 2.24) is 4.57 Å². The molecule has 196 valence electrons. The van der Waals surface area contributed by atoms with E-state index in [1.807, 2.05) is 0 Å². The standard InChI is InChI=1S/C34H43NO2/c1-8-35-29-12-10-9-11-25(29)26-16-13-23(20-30(26)35)34(21-24(36)15-18-31(34)37)27-17-14-22(32(2,3)4)19-28(27)33(5,6)7/h9-14,16-17,19-20,24,31,36-37H,8,15,18,21H2,1-7H3. The van der Waals surface area contributed by atoms with E-state index in [0.29, 0.717) is 19.3 Å². The van der Waals surface area contributed by atoms with Crippen LogP contribution in [0, 0.1) is 0 Å². The average molecular weight is 498 g/mol. The summed E-state index contributed by atoms with van der Waals surface area (Å²) in [4.78, 5) is 0. The van der Waals surface area contributed by atoms with Gasteiger partial charge < -0.3 is 14.8 Å². The van der Waals surface area contributed by atoms with Crippen molar-refractivity contribution in [3.05, 3.63) is 82.9 Å². The van der Waals surface area contributed by atoms with Gasteiger partial charge >= 0.3 is 0 Å². The van der Waals surface area contributed by atoms with E-state index in [1.165, 1.54) is 32.9 Å². The molecule has 0 aliphatic heterocycles. The predicted octanol–water partition coefficient (Wildman–Crippen LogP) is 7.60. The molecule has 37 heavy (non-hydrogen) atoms. The predicted molar refractivity (Wildman–Crippen MR) is 156 cm³/mol. The Labute approximate surface area is 222 Å². The molecule has 3 heteroatoms. The van der Waals surface area contributed by atoms with Gasteiger partial charge in [-0.1, -0.05) is 90.1 Å². The molecule has 5 rings (SSSR count). The summed E-state index contributed by atoms with van der Waals surface area (Å²) in [6, 6.07) is 22.2. The topological polar surface area (TPSA) is 45.4 Å². The van der Waals surface area contributed by atoms with Gasteiger partial charge in [0.1, 0.15) is 0 Å². The highest BCUT2D eigenvalue weighted by molar-refractivity contribution is 6.08. The molecule has 1 aliphatic carbocycles. The number of rotatable bonds is 3. The van der Waals surface area contributed by atoms with Crippen molar-refractivity contribution < 1.29 is 10.2 Å². The van der Waals surface area contributed by atoms with Gasteiger partial charge in [-0.25, -0.2) is 0 Å². The van der Waals surface area contributed by atoms with Crippen LogP contribution in [0.2, 0.25) is 0 Å². The van der Waals surface area contributed by atoms with Gasteiger partial charge in [-0.05, 0) is 71.4 Å². The van der Waals surface area contributed by atoms with Crippen molar-refractivity contribution >= 4 is 21.8 Å². The second-order valence-electron chi connectivity index (χ2n) is 13.2. The Morgan fingerprint density at radius 1 is 0.811 bits per heavy atom. The van der Waals surface area contributed by atoms with E-state index in [0.717, 1.165) is 17.7 Å². The number of hydrogen-bond donors (Lipinski definition) is 2. The van der Waals surface area contributed by atoms with Crippen LogP contribution in [0.25, 0.3) is 21.8 Å². The van der Waals surface area contributed by atoms with Gasteiger partial charge in [0.2, 0.25) is 0 Å². The summed E-state index contributed by atoms with van der Waals surface area (Å²) < 4.78 is 2.38. The molecule has 1 saturated carbocycles. The van der Waals surface area contributed by atoms with Crippen LogP contribution in [0.5, 0.6) is 0 Å². The molecule has 0 spiro atoms. The molecular formula is C34H43NO2. The molecule has 0 saturated heterocycles. The van der Waals surface area contributed by atoms with E-state index in [4.69, 9.17) is 0 Å². The Kier molecular flexibility index (Phi) is 6.32. The third kappa shape index (κ3) is 4.21. The van der Waals surface area contributed by atoms with Gasteiger partial charge in [-0.3, -0.25) is 0 Å². The second kappa shape index (κ2) is 8.99. The maximum Gasteiger partial charge on any atom is 0.0679 e. The van der Waals surface area contributed by atoms with Gasteiger partial charge in [-0.15, -0.1) is 0 Å². The van der Waals surface area contributed by atoms with E-state index >= 15 is 0 Å². The van der Waals surface area contributed by atoms with Gasteiger partial charge in [0.25, 0.3) is 0 Å². The fraction of sp³-hybridized carbons (Fsp3) is 0.471. The highest BCUT2D eigenvalue weighted by Gasteiger charge is 2.48. The van der Waals surface area contributed by atoms with Crippen LogP contribution < -0.4 is 0 Å². The fourth-order valence-electron chi connectivity index (χ4n) is 6.65. The minimum absolute atomic E-state index is 0.0252. The first-order chi connectivity index (χ1) is 17.4. The van der Waals surface area contributed by atoms with Gasteiger partial charge in [0.15, 0.2) is 0 Å². The fourth-order valence-corrected chi connectivity index (χ4v) is 6.65.